The molecule has 1 fully saturated rings. The minimum Gasteiger partial charge on any atom is -0.366 e. The van der Waals surface area contributed by atoms with Gasteiger partial charge in [-0.3, -0.25) is 0 Å². The van der Waals surface area contributed by atoms with E-state index >= 15 is 0 Å². The van der Waals surface area contributed by atoms with Crippen molar-refractivity contribution in [3.05, 3.63) is 42.3 Å². The van der Waals surface area contributed by atoms with Gasteiger partial charge in [-0.05, 0) is 76.6 Å². The van der Waals surface area contributed by atoms with Crippen molar-refractivity contribution in [2.75, 3.05) is 11.9 Å². The summed E-state index contributed by atoms with van der Waals surface area (Å²) in [6.45, 7) is 5.63. The van der Waals surface area contributed by atoms with Crippen molar-refractivity contribution >= 4 is 15.8 Å². The van der Waals surface area contributed by atoms with Gasteiger partial charge in [0.2, 0.25) is 10.0 Å². The van der Waals surface area contributed by atoms with Crippen molar-refractivity contribution in [1.29, 1.82) is 0 Å². The molecule has 154 valence electrons. The Kier molecular flexibility index (Phi) is 6.09. The van der Waals surface area contributed by atoms with Gasteiger partial charge in [-0.15, -0.1) is 0 Å². The van der Waals surface area contributed by atoms with Crippen molar-refractivity contribution < 1.29 is 12.8 Å². The lowest BCUT2D eigenvalue weighted by Crippen LogP contribution is -2.42. The average Bonchev–Trinajstić information content (AvgIpc) is 3.09. The van der Waals surface area contributed by atoms with Gasteiger partial charge in [-0.1, -0.05) is 0 Å². The van der Waals surface area contributed by atoms with Crippen LogP contribution in [-0.2, 0) is 10.0 Å². The molecule has 3 rings (SSSR count). The lowest BCUT2D eigenvalue weighted by molar-refractivity contribution is 0.336. The van der Waals surface area contributed by atoms with E-state index in [0.29, 0.717) is 18.5 Å². The molecule has 0 amide bonds. The predicted octanol–water partition coefficient (Wildman–Crippen LogP) is 3.70. The highest BCUT2D eigenvalue weighted by molar-refractivity contribution is 7.90. The Morgan fingerprint density at radius 1 is 1.11 bits per heavy atom. The largest absolute Gasteiger partial charge is 0.366 e. The number of sulfonamides is 1. The third kappa shape index (κ3) is 5.11. The Hall–Kier alpha value is -1.93. The number of hydrogen-bond acceptors (Lipinski definition) is 4. The highest BCUT2D eigenvalue weighted by atomic mass is 32.2. The van der Waals surface area contributed by atoms with Crippen LogP contribution in [0, 0.1) is 11.7 Å². The molecule has 0 spiro atoms. The normalized spacial score (nSPS) is 20.9. The molecule has 1 aliphatic carbocycles. The molecule has 8 heteroatoms. The fourth-order valence-electron chi connectivity index (χ4n) is 3.30. The number of hydrogen-bond donors (Lipinski definition) is 2. The second-order valence-electron chi connectivity index (χ2n) is 8.45. The quantitative estimate of drug-likeness (QED) is 0.764. The Morgan fingerprint density at radius 3 is 2.36 bits per heavy atom. The maximum Gasteiger partial charge on any atom is 0.216 e. The van der Waals surface area contributed by atoms with Gasteiger partial charge >= 0.3 is 0 Å². The highest BCUT2D eigenvalue weighted by Crippen LogP contribution is 2.26. The van der Waals surface area contributed by atoms with E-state index in [1.165, 1.54) is 12.1 Å². The molecule has 28 heavy (non-hydrogen) atoms. The maximum absolute atomic E-state index is 13.0. The van der Waals surface area contributed by atoms with Crippen molar-refractivity contribution in [3.8, 4) is 5.69 Å². The van der Waals surface area contributed by atoms with Crippen molar-refractivity contribution in [1.82, 2.24) is 14.5 Å². The average molecular weight is 409 g/mol. The van der Waals surface area contributed by atoms with E-state index < -0.39 is 14.8 Å². The minimum atomic E-state index is -3.29. The minimum absolute atomic E-state index is 0.268. The fourth-order valence-corrected chi connectivity index (χ4v) is 4.19. The highest BCUT2D eigenvalue weighted by Gasteiger charge is 2.30. The SMILES string of the molecule is CC(C)(C)S(=O)(=O)NCC1CCC(Nc2ccn(-c3ccc(F)cc3)n2)CC1. The number of nitrogens with zero attached hydrogens (tertiary/aromatic N) is 2. The van der Waals surface area contributed by atoms with Gasteiger partial charge in [0.25, 0.3) is 0 Å². The Labute approximate surface area is 166 Å². The molecule has 2 aromatic rings. The molecule has 1 aliphatic rings. The zero-order chi connectivity index (χ0) is 20.4. The Bertz CT molecular complexity index is 880. The summed E-state index contributed by atoms with van der Waals surface area (Å²) in [6, 6.07) is 8.45. The molecule has 0 radical (unpaired) electrons. The molecule has 0 aliphatic heterocycles. The monoisotopic (exact) mass is 408 g/mol. The van der Waals surface area contributed by atoms with Crippen LogP contribution in [0.5, 0.6) is 0 Å². The number of aromatic nitrogens is 2. The van der Waals surface area contributed by atoms with Gasteiger partial charge in [-0.25, -0.2) is 22.2 Å². The lowest BCUT2D eigenvalue weighted by Gasteiger charge is -2.30. The first-order valence-corrected chi connectivity index (χ1v) is 11.2. The lowest BCUT2D eigenvalue weighted by atomic mass is 9.86. The molecule has 0 unspecified atom stereocenters. The van der Waals surface area contributed by atoms with E-state index in [1.54, 1.807) is 37.6 Å². The van der Waals surface area contributed by atoms with Crippen LogP contribution < -0.4 is 10.0 Å². The van der Waals surface area contributed by atoms with Gasteiger partial charge < -0.3 is 5.32 Å². The number of rotatable bonds is 6. The number of halogens is 1. The molecule has 1 saturated carbocycles. The topological polar surface area (TPSA) is 76.0 Å². The van der Waals surface area contributed by atoms with Crippen LogP contribution in [0.25, 0.3) is 5.69 Å². The summed E-state index contributed by atoms with van der Waals surface area (Å²) in [7, 11) is -3.29. The van der Waals surface area contributed by atoms with E-state index in [9.17, 15) is 12.8 Å². The molecule has 0 atom stereocenters. The smallest absolute Gasteiger partial charge is 0.216 e. The van der Waals surface area contributed by atoms with Crippen LogP contribution in [0.15, 0.2) is 36.5 Å². The van der Waals surface area contributed by atoms with Gasteiger partial charge in [0.15, 0.2) is 0 Å². The predicted molar refractivity (Wildman–Crippen MR) is 110 cm³/mol. The van der Waals surface area contributed by atoms with Gasteiger partial charge in [0.05, 0.1) is 10.4 Å². The van der Waals surface area contributed by atoms with Crippen LogP contribution in [0.1, 0.15) is 46.5 Å². The van der Waals surface area contributed by atoms with Crippen LogP contribution >= 0.6 is 0 Å². The second-order valence-corrected chi connectivity index (χ2v) is 11.0. The van der Waals surface area contributed by atoms with Crippen molar-refractivity contribution in [2.24, 2.45) is 5.92 Å². The van der Waals surface area contributed by atoms with Crippen molar-refractivity contribution in [2.45, 2.75) is 57.2 Å². The fraction of sp³-hybridized carbons (Fsp3) is 0.550. The standard InChI is InChI=1S/C20H29FN4O2S/c1-20(2,3)28(26,27)22-14-15-4-8-17(9-5-15)23-19-12-13-25(24-19)18-10-6-16(21)7-11-18/h6-7,10-13,15,17,22H,4-5,8-9,14H2,1-3H3,(H,23,24). The summed E-state index contributed by atoms with van der Waals surface area (Å²) in [5.74, 6) is 0.893. The van der Waals surface area contributed by atoms with Crippen LogP contribution in [0.4, 0.5) is 10.2 Å². The van der Waals surface area contributed by atoms with E-state index in [2.05, 4.69) is 15.1 Å². The van der Waals surface area contributed by atoms with Gasteiger partial charge in [-0.2, -0.15) is 5.10 Å². The summed E-state index contributed by atoms with van der Waals surface area (Å²) >= 11 is 0. The van der Waals surface area contributed by atoms with E-state index in [1.807, 2.05) is 12.3 Å². The van der Waals surface area contributed by atoms with Crippen LogP contribution in [0.2, 0.25) is 0 Å². The molecule has 1 aromatic carbocycles. The summed E-state index contributed by atoms with van der Waals surface area (Å²) in [4.78, 5) is 0. The summed E-state index contributed by atoms with van der Waals surface area (Å²) in [6.07, 6.45) is 5.76. The molecular formula is C20H29FN4O2S. The van der Waals surface area contributed by atoms with E-state index in [4.69, 9.17) is 0 Å². The zero-order valence-corrected chi connectivity index (χ0v) is 17.5. The zero-order valence-electron chi connectivity index (χ0n) is 16.7. The maximum atomic E-state index is 13.0. The third-order valence-corrected chi connectivity index (χ3v) is 7.41. The van der Waals surface area contributed by atoms with Crippen molar-refractivity contribution in [3.63, 3.8) is 0 Å². The Balaban J connectivity index is 1.48. The van der Waals surface area contributed by atoms with E-state index in [-0.39, 0.29) is 5.82 Å². The summed E-state index contributed by atoms with van der Waals surface area (Å²) in [5, 5.41) is 7.97. The molecular weight excluding hydrogens is 379 g/mol. The van der Waals surface area contributed by atoms with Crippen LogP contribution in [0.3, 0.4) is 0 Å². The first-order chi connectivity index (χ1) is 13.1. The second kappa shape index (κ2) is 8.21. The summed E-state index contributed by atoms with van der Waals surface area (Å²) < 4.78 is 41.1. The van der Waals surface area contributed by atoms with Gasteiger partial charge in [0, 0.05) is 24.8 Å². The first-order valence-electron chi connectivity index (χ1n) is 9.71. The van der Waals surface area contributed by atoms with E-state index in [0.717, 1.165) is 37.2 Å². The number of benzene rings is 1. The molecule has 6 nitrogen and oxygen atoms in total. The third-order valence-electron chi connectivity index (χ3n) is 5.25. The molecule has 1 heterocycles. The number of nitrogens with one attached hydrogen (secondary N) is 2. The van der Waals surface area contributed by atoms with Gasteiger partial charge in [0.1, 0.15) is 11.6 Å². The number of anilines is 1. The Morgan fingerprint density at radius 2 is 1.75 bits per heavy atom. The molecule has 0 saturated heterocycles. The van der Waals surface area contributed by atoms with Crippen LogP contribution in [-0.4, -0.2) is 35.5 Å². The summed E-state index contributed by atoms with van der Waals surface area (Å²) in [5.41, 5.74) is 0.810. The molecule has 1 aromatic heterocycles. The first kappa shape index (κ1) is 20.8. The molecule has 0 bridgehead atoms. The molecule has 2 N–H and O–H groups in total.